The first-order chi connectivity index (χ1) is 11.8. The molecule has 0 aromatic heterocycles. The number of diazo groups is 1. The van der Waals surface area contributed by atoms with Crippen LogP contribution >= 0.6 is 0 Å². The van der Waals surface area contributed by atoms with E-state index in [-0.39, 0.29) is 6.10 Å². The lowest BCUT2D eigenvalue weighted by molar-refractivity contribution is 0.0258. The Labute approximate surface area is 144 Å². The number of hydrogen-bond acceptors (Lipinski definition) is 5. The molecule has 1 aliphatic rings. The molecule has 1 atom stereocenters. The predicted molar refractivity (Wildman–Crippen MR) is 93.6 cm³/mol. The summed E-state index contributed by atoms with van der Waals surface area (Å²) in [6.45, 7) is 7.64. The average Bonchev–Trinajstić information content (AvgIpc) is 2.63. The fraction of sp³-hybridized carbons (Fsp3) is 0.667. The zero-order valence-corrected chi connectivity index (χ0v) is 14.7. The zero-order valence-electron chi connectivity index (χ0n) is 14.7. The molecule has 6 nitrogen and oxygen atoms in total. The lowest BCUT2D eigenvalue weighted by Crippen LogP contribution is -2.33. The third kappa shape index (κ3) is 5.08. The van der Waals surface area contributed by atoms with E-state index in [1.165, 1.54) is 0 Å². The Morgan fingerprint density at radius 3 is 2.58 bits per heavy atom. The second kappa shape index (κ2) is 10.1. The van der Waals surface area contributed by atoms with Crippen molar-refractivity contribution in [3.8, 4) is 11.5 Å². The minimum Gasteiger partial charge on any atom is -0.493 e. The highest BCUT2D eigenvalue weighted by Crippen LogP contribution is 2.41. The van der Waals surface area contributed by atoms with Gasteiger partial charge in [0.1, 0.15) is 5.75 Å². The molecule has 0 aliphatic carbocycles. The fourth-order valence-electron chi connectivity index (χ4n) is 2.58. The lowest BCUT2D eigenvalue weighted by atomic mass is 10.0. The molecule has 0 amide bonds. The van der Waals surface area contributed by atoms with Crippen molar-refractivity contribution in [3.63, 3.8) is 0 Å². The van der Waals surface area contributed by atoms with Gasteiger partial charge < -0.3 is 19.5 Å². The molecule has 0 saturated carbocycles. The second-order valence-corrected chi connectivity index (χ2v) is 5.93. The Morgan fingerprint density at radius 1 is 1.21 bits per heavy atom. The molecule has 1 fully saturated rings. The molecule has 2 rings (SSSR count). The van der Waals surface area contributed by atoms with E-state index >= 15 is 0 Å². The zero-order chi connectivity index (χ0) is 17.2. The largest absolute Gasteiger partial charge is 0.493 e. The number of benzene rings is 1. The molecule has 1 saturated heterocycles. The molecule has 132 valence electrons. The van der Waals surface area contributed by atoms with Crippen LogP contribution in [0.1, 0.15) is 51.2 Å². The first-order valence-corrected chi connectivity index (χ1v) is 8.91. The highest BCUT2D eigenvalue weighted by atomic mass is 16.5. The van der Waals surface area contributed by atoms with Crippen LogP contribution in [0.25, 0.3) is 4.98 Å². The van der Waals surface area contributed by atoms with Crippen LogP contribution in [0, 0.1) is 5.39 Å². The van der Waals surface area contributed by atoms with Gasteiger partial charge in [-0.2, -0.15) is 0 Å². The maximum Gasteiger partial charge on any atom is 0.430 e. The highest BCUT2D eigenvalue weighted by Gasteiger charge is 2.29. The number of unbranched alkanes of at least 4 members (excludes halogenated alkanes) is 2. The Balaban J connectivity index is 2.28. The summed E-state index contributed by atoms with van der Waals surface area (Å²) in [6, 6.07) is 3.67. The quantitative estimate of drug-likeness (QED) is 0.542. The van der Waals surface area contributed by atoms with Gasteiger partial charge in [0.05, 0.1) is 32.0 Å². The van der Waals surface area contributed by atoms with Crippen molar-refractivity contribution in [2.75, 3.05) is 32.9 Å². The number of nitrogens with zero attached hydrogens (tertiary/aromatic N) is 2. The monoisotopic (exact) mass is 334 g/mol. The molecule has 0 radical (unpaired) electrons. The molecule has 1 aromatic carbocycles. The molecule has 1 aromatic rings. The summed E-state index contributed by atoms with van der Waals surface area (Å²) in [5.41, 5.74) is 1.27. The molecular formula is C18H28N3O3+. The van der Waals surface area contributed by atoms with E-state index in [0.717, 1.165) is 37.8 Å². The average molecular weight is 334 g/mol. The van der Waals surface area contributed by atoms with Crippen molar-refractivity contribution in [1.29, 1.82) is 5.39 Å². The summed E-state index contributed by atoms with van der Waals surface area (Å²) >= 11 is 0. The highest BCUT2D eigenvalue weighted by molar-refractivity contribution is 5.64. The first kappa shape index (κ1) is 18.5. The van der Waals surface area contributed by atoms with Crippen molar-refractivity contribution < 1.29 is 14.2 Å². The van der Waals surface area contributed by atoms with Gasteiger partial charge in [0.15, 0.2) is 4.98 Å². The molecule has 6 heteroatoms. The number of ether oxygens (including phenoxy) is 3. The fourth-order valence-corrected chi connectivity index (χ4v) is 2.58. The molecule has 1 heterocycles. The standard InChI is InChI=1S/C18H28N3O3/c1-3-5-8-22-14-11-15(17-13-20-7-10-23-17)18(16(12-14)21-19)24-9-6-4-2/h11-12,17,20H,3-10,13H2,1-2H3/q+1. The van der Waals surface area contributed by atoms with Gasteiger partial charge in [-0.05, 0) is 18.9 Å². The van der Waals surface area contributed by atoms with Gasteiger partial charge in [0.2, 0.25) is 11.1 Å². The Kier molecular flexibility index (Phi) is 7.80. The van der Waals surface area contributed by atoms with Gasteiger partial charge in [-0.3, -0.25) is 0 Å². The summed E-state index contributed by atoms with van der Waals surface area (Å²) in [6.07, 6.45) is 3.91. The van der Waals surface area contributed by atoms with Crippen molar-refractivity contribution in [3.05, 3.63) is 22.7 Å². The van der Waals surface area contributed by atoms with E-state index in [9.17, 15) is 5.39 Å². The Hall–Kier alpha value is -1.84. The third-order valence-electron chi connectivity index (χ3n) is 3.96. The van der Waals surface area contributed by atoms with Crippen LogP contribution in [-0.2, 0) is 4.74 Å². The van der Waals surface area contributed by atoms with Gasteiger partial charge in [-0.25, -0.2) is 0 Å². The third-order valence-corrected chi connectivity index (χ3v) is 3.96. The van der Waals surface area contributed by atoms with Crippen molar-refractivity contribution in [2.45, 2.75) is 45.6 Å². The van der Waals surface area contributed by atoms with E-state index in [1.807, 2.05) is 6.07 Å². The normalized spacial score (nSPS) is 17.3. The first-order valence-electron chi connectivity index (χ1n) is 8.91. The van der Waals surface area contributed by atoms with Gasteiger partial charge >= 0.3 is 5.69 Å². The maximum atomic E-state index is 9.43. The molecule has 1 aliphatic heterocycles. The van der Waals surface area contributed by atoms with Crippen LogP contribution in [0.5, 0.6) is 11.5 Å². The molecule has 24 heavy (non-hydrogen) atoms. The summed E-state index contributed by atoms with van der Waals surface area (Å²) in [5.74, 6) is 1.27. The molecule has 0 bridgehead atoms. The number of rotatable bonds is 9. The van der Waals surface area contributed by atoms with Gasteiger partial charge in [0, 0.05) is 18.7 Å². The smallest absolute Gasteiger partial charge is 0.430 e. The van der Waals surface area contributed by atoms with Gasteiger partial charge in [-0.1, -0.05) is 26.7 Å². The number of morpholine rings is 1. The van der Waals surface area contributed by atoms with Crippen molar-refractivity contribution in [1.82, 2.24) is 5.32 Å². The lowest BCUT2D eigenvalue weighted by Gasteiger charge is -2.25. The van der Waals surface area contributed by atoms with Crippen LogP contribution in [0.2, 0.25) is 0 Å². The molecule has 1 N–H and O–H groups in total. The van der Waals surface area contributed by atoms with E-state index in [2.05, 4.69) is 24.1 Å². The van der Waals surface area contributed by atoms with E-state index in [0.29, 0.717) is 43.6 Å². The predicted octanol–water partition coefficient (Wildman–Crippen LogP) is 4.19. The van der Waals surface area contributed by atoms with E-state index < -0.39 is 0 Å². The summed E-state index contributed by atoms with van der Waals surface area (Å²) in [7, 11) is 0. The van der Waals surface area contributed by atoms with Crippen LogP contribution < -0.4 is 14.8 Å². The van der Waals surface area contributed by atoms with E-state index in [1.54, 1.807) is 6.07 Å². The number of hydrogen-bond donors (Lipinski definition) is 1. The number of nitrogens with one attached hydrogen (secondary N) is 1. The van der Waals surface area contributed by atoms with E-state index in [4.69, 9.17) is 14.2 Å². The Morgan fingerprint density at radius 2 is 1.96 bits per heavy atom. The Bertz CT molecular complexity index is 551. The summed E-state index contributed by atoms with van der Waals surface area (Å²) in [5, 5.41) is 12.7. The van der Waals surface area contributed by atoms with Crippen molar-refractivity contribution >= 4 is 5.69 Å². The summed E-state index contributed by atoms with van der Waals surface area (Å²) in [4.78, 5) is 3.41. The molecule has 0 spiro atoms. The van der Waals surface area contributed by atoms with Gasteiger partial charge in [-0.15, -0.1) is 0 Å². The topological polar surface area (TPSA) is 67.9 Å². The molecular weight excluding hydrogens is 306 g/mol. The minimum atomic E-state index is -0.134. The minimum absolute atomic E-state index is 0.134. The van der Waals surface area contributed by atoms with Crippen LogP contribution in [0.15, 0.2) is 12.1 Å². The van der Waals surface area contributed by atoms with Gasteiger partial charge in [0.25, 0.3) is 0 Å². The van der Waals surface area contributed by atoms with Crippen molar-refractivity contribution in [2.24, 2.45) is 0 Å². The van der Waals surface area contributed by atoms with Crippen LogP contribution in [0.3, 0.4) is 0 Å². The second-order valence-electron chi connectivity index (χ2n) is 5.93. The van der Waals surface area contributed by atoms with Crippen LogP contribution in [0.4, 0.5) is 5.69 Å². The van der Waals surface area contributed by atoms with Crippen LogP contribution in [-0.4, -0.2) is 32.9 Å². The maximum absolute atomic E-state index is 9.43. The molecule has 1 unspecified atom stereocenters. The SMILES string of the molecule is CCCCOc1cc([N+]#N)c(OCCCC)c(C2CNCCO2)c1. The summed E-state index contributed by atoms with van der Waals surface area (Å²) < 4.78 is 17.6.